The molecule has 1 aromatic heterocycles. The summed E-state index contributed by atoms with van der Waals surface area (Å²) >= 11 is 0. The summed E-state index contributed by atoms with van der Waals surface area (Å²) in [5.74, 6) is 1.07. The second-order valence-electron chi connectivity index (χ2n) is 8.60. The van der Waals surface area contributed by atoms with Crippen molar-refractivity contribution >= 4 is 11.6 Å². The number of piperidine rings is 1. The van der Waals surface area contributed by atoms with Crippen LogP contribution in [0.15, 0.2) is 42.5 Å². The van der Waals surface area contributed by atoms with Gasteiger partial charge in [-0.15, -0.1) is 0 Å². The first-order valence-electron chi connectivity index (χ1n) is 10.9. The van der Waals surface area contributed by atoms with Gasteiger partial charge in [0.15, 0.2) is 0 Å². The molecule has 1 saturated heterocycles. The summed E-state index contributed by atoms with van der Waals surface area (Å²) in [4.78, 5) is 15.3. The van der Waals surface area contributed by atoms with E-state index >= 15 is 0 Å². The third kappa shape index (κ3) is 4.96. The molecule has 0 radical (unpaired) electrons. The smallest absolute Gasteiger partial charge is 0.227 e. The lowest BCUT2D eigenvalue weighted by Gasteiger charge is -2.34. The molecule has 0 spiro atoms. The summed E-state index contributed by atoms with van der Waals surface area (Å²) in [6.07, 6.45) is 10.3. The molecule has 1 unspecified atom stereocenters. The second-order valence-corrected chi connectivity index (χ2v) is 8.60. The highest BCUT2D eigenvalue weighted by atomic mass is 16.1. The van der Waals surface area contributed by atoms with Crippen LogP contribution in [0.1, 0.15) is 43.5 Å². The SMILES string of the molecule is Cc1cc(C)n(-c2ccc(NC(=O)C3CCN(CC4CC=CCC4)CC3)cc2)n1. The maximum absolute atomic E-state index is 12.7. The molecular formula is C24H32N4O. The molecule has 4 rings (SSSR count). The molecule has 2 aliphatic rings. The Morgan fingerprint density at radius 2 is 1.86 bits per heavy atom. The summed E-state index contributed by atoms with van der Waals surface area (Å²) in [5, 5.41) is 7.62. The zero-order valence-electron chi connectivity index (χ0n) is 17.6. The first kappa shape index (κ1) is 19.9. The number of benzene rings is 1. The number of carbonyl (C=O) groups is 1. The van der Waals surface area contributed by atoms with Gasteiger partial charge in [0.1, 0.15) is 0 Å². The van der Waals surface area contributed by atoms with Crippen molar-refractivity contribution < 1.29 is 4.79 Å². The summed E-state index contributed by atoms with van der Waals surface area (Å²) in [7, 11) is 0. The van der Waals surface area contributed by atoms with Gasteiger partial charge >= 0.3 is 0 Å². The molecule has 1 N–H and O–H groups in total. The van der Waals surface area contributed by atoms with Gasteiger partial charge in [-0.25, -0.2) is 4.68 Å². The van der Waals surface area contributed by atoms with Crippen molar-refractivity contribution in [3.8, 4) is 5.69 Å². The van der Waals surface area contributed by atoms with E-state index in [9.17, 15) is 4.79 Å². The molecule has 5 nitrogen and oxygen atoms in total. The van der Waals surface area contributed by atoms with Gasteiger partial charge in [-0.2, -0.15) is 5.10 Å². The third-order valence-corrected chi connectivity index (χ3v) is 6.24. The molecule has 1 fully saturated rings. The first-order valence-corrected chi connectivity index (χ1v) is 10.9. The number of carbonyl (C=O) groups excluding carboxylic acids is 1. The van der Waals surface area contributed by atoms with Gasteiger partial charge in [-0.05, 0) is 95.3 Å². The minimum Gasteiger partial charge on any atom is -0.326 e. The van der Waals surface area contributed by atoms with Gasteiger partial charge in [-0.3, -0.25) is 4.79 Å². The van der Waals surface area contributed by atoms with E-state index in [1.807, 2.05) is 42.8 Å². The Kier molecular flexibility index (Phi) is 6.14. The van der Waals surface area contributed by atoms with Crippen LogP contribution >= 0.6 is 0 Å². The fourth-order valence-electron chi connectivity index (χ4n) is 4.59. The van der Waals surface area contributed by atoms with Crippen molar-refractivity contribution in [2.75, 3.05) is 25.0 Å². The molecule has 1 aromatic carbocycles. The number of likely N-dealkylation sites (tertiary alicyclic amines) is 1. The highest BCUT2D eigenvalue weighted by Gasteiger charge is 2.26. The average molecular weight is 393 g/mol. The van der Waals surface area contributed by atoms with Crippen molar-refractivity contribution in [3.63, 3.8) is 0 Å². The lowest BCUT2D eigenvalue weighted by atomic mass is 9.91. The number of anilines is 1. The topological polar surface area (TPSA) is 50.2 Å². The Hall–Kier alpha value is -2.40. The number of aromatic nitrogens is 2. The number of allylic oxidation sites excluding steroid dienone is 2. The largest absolute Gasteiger partial charge is 0.326 e. The van der Waals surface area contributed by atoms with E-state index < -0.39 is 0 Å². The zero-order valence-corrected chi connectivity index (χ0v) is 17.6. The van der Waals surface area contributed by atoms with Crippen LogP contribution in [0.25, 0.3) is 5.69 Å². The molecule has 1 aliphatic heterocycles. The number of amides is 1. The standard InChI is InChI=1S/C24H32N4O/c1-18-16-19(2)28(26-18)23-10-8-22(9-11-23)25-24(29)21-12-14-27(15-13-21)17-20-6-4-3-5-7-20/h3-4,8-11,16,20-21H,5-7,12-15,17H2,1-2H3,(H,25,29). The Labute approximate surface area is 173 Å². The van der Waals surface area contributed by atoms with Crippen molar-refractivity contribution in [2.24, 2.45) is 11.8 Å². The van der Waals surface area contributed by atoms with Crippen LogP contribution in [0.4, 0.5) is 5.69 Å². The lowest BCUT2D eigenvalue weighted by Crippen LogP contribution is -2.40. The van der Waals surface area contributed by atoms with Crippen LogP contribution in [0.3, 0.4) is 0 Å². The maximum Gasteiger partial charge on any atom is 0.227 e. The zero-order chi connectivity index (χ0) is 20.2. The molecule has 154 valence electrons. The van der Waals surface area contributed by atoms with Crippen LogP contribution in [0.5, 0.6) is 0 Å². The van der Waals surface area contributed by atoms with Crippen LogP contribution < -0.4 is 5.32 Å². The van der Waals surface area contributed by atoms with Gasteiger partial charge in [0.05, 0.1) is 11.4 Å². The van der Waals surface area contributed by atoms with E-state index in [1.54, 1.807) is 0 Å². The lowest BCUT2D eigenvalue weighted by molar-refractivity contribution is -0.121. The third-order valence-electron chi connectivity index (χ3n) is 6.24. The monoisotopic (exact) mass is 392 g/mol. The van der Waals surface area contributed by atoms with Gasteiger partial charge in [0, 0.05) is 23.8 Å². The summed E-state index contributed by atoms with van der Waals surface area (Å²) in [5.41, 5.74) is 3.98. The molecule has 2 heterocycles. The maximum atomic E-state index is 12.7. The molecule has 0 bridgehead atoms. The number of nitrogens with zero attached hydrogens (tertiary/aromatic N) is 3. The van der Waals surface area contributed by atoms with E-state index in [4.69, 9.17) is 0 Å². The quantitative estimate of drug-likeness (QED) is 0.763. The molecule has 2 aromatic rings. The first-order chi connectivity index (χ1) is 14.1. The highest BCUT2D eigenvalue weighted by Crippen LogP contribution is 2.24. The van der Waals surface area contributed by atoms with Gasteiger partial charge in [0.25, 0.3) is 0 Å². The van der Waals surface area contributed by atoms with Gasteiger partial charge in [-0.1, -0.05) is 12.2 Å². The van der Waals surface area contributed by atoms with Crippen LogP contribution in [0.2, 0.25) is 0 Å². The Bertz CT molecular complexity index is 860. The van der Waals surface area contributed by atoms with Crippen molar-refractivity contribution in [2.45, 2.75) is 46.0 Å². The van der Waals surface area contributed by atoms with Crippen molar-refractivity contribution in [1.82, 2.24) is 14.7 Å². The van der Waals surface area contributed by atoms with Crippen molar-refractivity contribution in [1.29, 1.82) is 0 Å². The highest BCUT2D eigenvalue weighted by molar-refractivity contribution is 5.92. The summed E-state index contributed by atoms with van der Waals surface area (Å²) < 4.78 is 1.93. The molecule has 1 amide bonds. The molecule has 1 aliphatic carbocycles. The number of nitrogens with one attached hydrogen (secondary N) is 1. The fraction of sp³-hybridized carbons (Fsp3) is 0.500. The molecule has 0 saturated carbocycles. The van der Waals surface area contributed by atoms with Crippen molar-refractivity contribution in [3.05, 3.63) is 53.9 Å². The number of hydrogen-bond acceptors (Lipinski definition) is 3. The van der Waals surface area contributed by atoms with Crippen LogP contribution in [-0.4, -0.2) is 40.2 Å². The van der Waals surface area contributed by atoms with E-state index in [1.165, 1.54) is 25.8 Å². The minimum absolute atomic E-state index is 0.119. The van der Waals surface area contributed by atoms with Gasteiger partial charge in [0.2, 0.25) is 5.91 Å². The van der Waals surface area contributed by atoms with E-state index in [0.29, 0.717) is 0 Å². The van der Waals surface area contributed by atoms with E-state index in [2.05, 4.69) is 33.5 Å². The summed E-state index contributed by atoms with van der Waals surface area (Å²) in [6, 6.07) is 10.0. The Balaban J connectivity index is 1.27. The molecular weight excluding hydrogens is 360 g/mol. The second kappa shape index (κ2) is 8.95. The van der Waals surface area contributed by atoms with Gasteiger partial charge < -0.3 is 10.2 Å². The Morgan fingerprint density at radius 1 is 1.10 bits per heavy atom. The number of hydrogen-bond donors (Lipinski definition) is 1. The van der Waals surface area contributed by atoms with E-state index in [-0.39, 0.29) is 11.8 Å². The predicted molar refractivity (Wildman–Crippen MR) is 117 cm³/mol. The van der Waals surface area contributed by atoms with Crippen LogP contribution in [0, 0.1) is 25.7 Å². The normalized spacial score (nSPS) is 20.7. The molecule has 1 atom stereocenters. The molecule has 29 heavy (non-hydrogen) atoms. The predicted octanol–water partition coefficient (Wildman–Crippen LogP) is 4.50. The Morgan fingerprint density at radius 3 is 2.48 bits per heavy atom. The van der Waals surface area contributed by atoms with E-state index in [0.717, 1.165) is 54.6 Å². The molecule has 5 heteroatoms. The minimum atomic E-state index is 0.119. The number of aryl methyl sites for hydroxylation is 2. The fourth-order valence-corrected chi connectivity index (χ4v) is 4.59. The number of rotatable bonds is 5. The van der Waals surface area contributed by atoms with Crippen LogP contribution in [-0.2, 0) is 4.79 Å². The summed E-state index contributed by atoms with van der Waals surface area (Å²) in [6.45, 7) is 7.30. The average Bonchev–Trinajstić information content (AvgIpc) is 3.08.